The van der Waals surface area contributed by atoms with Crippen molar-refractivity contribution in [2.75, 3.05) is 20.8 Å². The number of aryl methyl sites for hydroxylation is 2. The Balaban J connectivity index is 1.70. The Bertz CT molecular complexity index is 935. The van der Waals surface area contributed by atoms with E-state index < -0.39 is 0 Å². The van der Waals surface area contributed by atoms with Gasteiger partial charge in [-0.2, -0.15) is 0 Å². The van der Waals surface area contributed by atoms with Crippen molar-refractivity contribution >= 4 is 11.0 Å². The fourth-order valence-electron chi connectivity index (χ4n) is 4.57. The second-order valence-electron chi connectivity index (χ2n) is 7.79. The first-order valence-electron chi connectivity index (χ1n) is 10.3. The molecule has 28 heavy (non-hydrogen) atoms. The maximum atomic E-state index is 5.29. The minimum atomic E-state index is 0.301. The highest BCUT2D eigenvalue weighted by atomic mass is 16.5. The predicted molar refractivity (Wildman–Crippen MR) is 112 cm³/mol. The number of likely N-dealkylation sites (tertiary alicyclic amines) is 1. The van der Waals surface area contributed by atoms with Crippen LogP contribution >= 0.6 is 0 Å². The highest BCUT2D eigenvalue weighted by molar-refractivity contribution is 5.76. The number of rotatable bonds is 6. The zero-order chi connectivity index (χ0) is 19.5. The van der Waals surface area contributed by atoms with Gasteiger partial charge in [-0.05, 0) is 63.4 Å². The van der Waals surface area contributed by atoms with E-state index in [0.29, 0.717) is 12.1 Å². The number of piperidine rings is 1. The lowest BCUT2D eigenvalue weighted by Gasteiger charge is -2.39. The average Bonchev–Trinajstić information content (AvgIpc) is 3.08. The summed E-state index contributed by atoms with van der Waals surface area (Å²) in [5.41, 5.74) is 4.78. The average molecular weight is 379 g/mol. The number of methoxy groups -OCH3 is 1. The van der Waals surface area contributed by atoms with Crippen molar-refractivity contribution in [3.63, 3.8) is 0 Å². The number of nitrogens with zero attached hydrogens (tertiary/aromatic N) is 4. The van der Waals surface area contributed by atoms with Gasteiger partial charge in [0.25, 0.3) is 0 Å². The van der Waals surface area contributed by atoms with Crippen LogP contribution in [0.25, 0.3) is 11.0 Å². The Morgan fingerprint density at radius 3 is 2.75 bits per heavy atom. The van der Waals surface area contributed by atoms with Gasteiger partial charge in [-0.3, -0.25) is 9.88 Å². The summed E-state index contributed by atoms with van der Waals surface area (Å²) in [4.78, 5) is 12.3. The number of benzene rings is 1. The summed E-state index contributed by atoms with van der Waals surface area (Å²) >= 11 is 0. The van der Waals surface area contributed by atoms with Crippen molar-refractivity contribution in [2.45, 2.75) is 51.2 Å². The van der Waals surface area contributed by atoms with Crippen molar-refractivity contribution in [1.82, 2.24) is 19.4 Å². The molecule has 0 saturated carbocycles. The summed E-state index contributed by atoms with van der Waals surface area (Å²) in [6.07, 6.45) is 6.38. The molecule has 5 nitrogen and oxygen atoms in total. The van der Waals surface area contributed by atoms with E-state index in [1.165, 1.54) is 29.0 Å². The van der Waals surface area contributed by atoms with Gasteiger partial charge in [0.05, 0.1) is 28.8 Å². The molecule has 0 amide bonds. The molecule has 1 aliphatic heterocycles. The van der Waals surface area contributed by atoms with E-state index in [1.807, 2.05) is 12.3 Å². The number of fused-ring (bicyclic) bond motifs is 1. The van der Waals surface area contributed by atoms with Gasteiger partial charge in [-0.15, -0.1) is 0 Å². The quantitative estimate of drug-likeness (QED) is 0.585. The van der Waals surface area contributed by atoms with Gasteiger partial charge in [0.15, 0.2) is 0 Å². The molecule has 2 aromatic heterocycles. The monoisotopic (exact) mass is 378 g/mol. The molecular weight excluding hydrogens is 348 g/mol. The van der Waals surface area contributed by atoms with Crippen LogP contribution in [0.4, 0.5) is 0 Å². The number of aromatic nitrogens is 3. The zero-order valence-corrected chi connectivity index (χ0v) is 17.1. The molecule has 148 valence electrons. The Morgan fingerprint density at radius 2 is 1.93 bits per heavy atom. The topological polar surface area (TPSA) is 43.2 Å². The maximum absolute atomic E-state index is 5.29. The highest BCUT2D eigenvalue weighted by Gasteiger charge is 2.34. The number of ether oxygens (including phenoxy) is 1. The molecule has 1 saturated heterocycles. The van der Waals surface area contributed by atoms with Crippen LogP contribution in [0.2, 0.25) is 0 Å². The molecule has 1 aromatic carbocycles. The van der Waals surface area contributed by atoms with Gasteiger partial charge in [0.1, 0.15) is 5.82 Å². The molecule has 4 rings (SSSR count). The van der Waals surface area contributed by atoms with Gasteiger partial charge < -0.3 is 9.30 Å². The van der Waals surface area contributed by atoms with E-state index in [9.17, 15) is 0 Å². The third kappa shape index (κ3) is 3.56. The first-order chi connectivity index (χ1) is 13.7. The SMILES string of the molecule is COCCCn1c([C@H]2CCC[C@@H](c3ncccc3C)N2C)nc2ccccc21. The first-order valence-corrected chi connectivity index (χ1v) is 10.3. The van der Waals surface area contributed by atoms with Gasteiger partial charge >= 0.3 is 0 Å². The van der Waals surface area contributed by atoms with Crippen LogP contribution in [-0.4, -0.2) is 40.2 Å². The summed E-state index contributed by atoms with van der Waals surface area (Å²) in [5.74, 6) is 1.18. The van der Waals surface area contributed by atoms with Crippen LogP contribution in [0.3, 0.4) is 0 Å². The largest absolute Gasteiger partial charge is 0.385 e. The Labute approximate surface area is 167 Å². The van der Waals surface area contributed by atoms with Crippen LogP contribution in [-0.2, 0) is 11.3 Å². The van der Waals surface area contributed by atoms with Gasteiger partial charge in [-0.1, -0.05) is 18.2 Å². The predicted octanol–water partition coefficient (Wildman–Crippen LogP) is 4.67. The molecule has 0 spiro atoms. The second kappa shape index (κ2) is 8.41. The molecule has 0 unspecified atom stereocenters. The molecule has 5 heteroatoms. The molecule has 3 heterocycles. The summed E-state index contributed by atoms with van der Waals surface area (Å²) < 4.78 is 7.70. The number of imidazole rings is 1. The lowest BCUT2D eigenvalue weighted by Crippen LogP contribution is -2.35. The maximum Gasteiger partial charge on any atom is 0.127 e. The molecule has 0 bridgehead atoms. The van der Waals surface area contributed by atoms with Crippen LogP contribution in [0.1, 0.15) is 54.8 Å². The molecule has 1 aliphatic rings. The van der Waals surface area contributed by atoms with E-state index >= 15 is 0 Å². The Hall–Kier alpha value is -2.24. The van der Waals surface area contributed by atoms with Crippen LogP contribution < -0.4 is 0 Å². The Kier molecular flexibility index (Phi) is 5.74. The fraction of sp³-hybridized carbons (Fsp3) is 0.478. The Morgan fingerprint density at radius 1 is 1.11 bits per heavy atom. The van der Waals surface area contributed by atoms with Crippen LogP contribution in [0.5, 0.6) is 0 Å². The number of hydrogen-bond donors (Lipinski definition) is 0. The molecule has 0 N–H and O–H groups in total. The summed E-state index contributed by atoms with van der Waals surface area (Å²) in [6.45, 7) is 3.86. The highest BCUT2D eigenvalue weighted by Crippen LogP contribution is 2.41. The molecule has 0 aliphatic carbocycles. The fourth-order valence-corrected chi connectivity index (χ4v) is 4.57. The normalized spacial score (nSPS) is 20.7. The first kappa shape index (κ1) is 19.1. The van der Waals surface area contributed by atoms with E-state index in [-0.39, 0.29) is 0 Å². The van der Waals surface area contributed by atoms with E-state index in [2.05, 4.69) is 53.8 Å². The lowest BCUT2D eigenvalue weighted by molar-refractivity contribution is 0.103. The molecule has 3 aromatic rings. The van der Waals surface area contributed by atoms with Gasteiger partial charge in [0.2, 0.25) is 0 Å². The molecule has 1 fully saturated rings. The van der Waals surface area contributed by atoms with Crippen molar-refractivity contribution < 1.29 is 4.74 Å². The number of para-hydroxylation sites is 2. The van der Waals surface area contributed by atoms with E-state index in [0.717, 1.165) is 37.9 Å². The zero-order valence-electron chi connectivity index (χ0n) is 17.1. The summed E-state index contributed by atoms with van der Waals surface area (Å²) in [5, 5.41) is 0. The second-order valence-corrected chi connectivity index (χ2v) is 7.79. The summed E-state index contributed by atoms with van der Waals surface area (Å²) in [6, 6.07) is 13.3. The standard InChI is InChI=1S/C23H30N4O/c1-17-9-7-14-24-22(17)20-12-6-13-21(26(20)2)23-25-18-10-4-5-11-19(18)27(23)15-8-16-28-3/h4-5,7,9-11,14,20-21H,6,8,12-13,15-16H2,1-3H3/t20-,21+/m0/s1. The van der Waals surface area contributed by atoms with Crippen molar-refractivity contribution in [1.29, 1.82) is 0 Å². The molecule has 0 radical (unpaired) electrons. The van der Waals surface area contributed by atoms with Gasteiger partial charge in [-0.25, -0.2) is 4.98 Å². The van der Waals surface area contributed by atoms with Gasteiger partial charge in [0, 0.05) is 26.5 Å². The van der Waals surface area contributed by atoms with E-state index in [4.69, 9.17) is 14.7 Å². The minimum absolute atomic E-state index is 0.301. The van der Waals surface area contributed by atoms with Crippen LogP contribution in [0.15, 0.2) is 42.6 Å². The third-order valence-corrected chi connectivity index (χ3v) is 6.02. The van der Waals surface area contributed by atoms with E-state index in [1.54, 1.807) is 7.11 Å². The van der Waals surface area contributed by atoms with Crippen LogP contribution in [0, 0.1) is 6.92 Å². The summed E-state index contributed by atoms with van der Waals surface area (Å²) in [7, 11) is 4.00. The molecule has 2 atom stereocenters. The number of pyridine rings is 1. The van der Waals surface area contributed by atoms with Crippen molar-refractivity contribution in [3.8, 4) is 0 Å². The molecular formula is C23H30N4O. The smallest absolute Gasteiger partial charge is 0.127 e. The van der Waals surface area contributed by atoms with Crippen molar-refractivity contribution in [2.24, 2.45) is 0 Å². The number of hydrogen-bond acceptors (Lipinski definition) is 4. The lowest BCUT2D eigenvalue weighted by atomic mass is 9.92. The minimum Gasteiger partial charge on any atom is -0.385 e. The van der Waals surface area contributed by atoms with Crippen molar-refractivity contribution in [3.05, 3.63) is 59.7 Å². The third-order valence-electron chi connectivity index (χ3n) is 6.02.